The van der Waals surface area contributed by atoms with E-state index in [0.717, 1.165) is 47.7 Å². The second-order valence-electron chi connectivity index (χ2n) is 8.82. The fourth-order valence-electron chi connectivity index (χ4n) is 4.67. The summed E-state index contributed by atoms with van der Waals surface area (Å²) in [5.41, 5.74) is 4.70. The molecule has 1 saturated heterocycles. The van der Waals surface area contributed by atoms with Crippen molar-refractivity contribution < 1.29 is 27.1 Å². The zero-order valence-electron chi connectivity index (χ0n) is 19.0. The molecule has 1 heterocycles. The van der Waals surface area contributed by atoms with Crippen molar-refractivity contribution in [3.63, 3.8) is 0 Å². The predicted octanol–water partition coefficient (Wildman–Crippen LogP) is 4.61. The number of halogens is 1. The predicted molar refractivity (Wildman–Crippen MR) is 128 cm³/mol. The lowest BCUT2D eigenvalue weighted by Crippen LogP contribution is -2.36. The molecule has 3 aromatic carbocycles. The van der Waals surface area contributed by atoms with E-state index in [1.54, 1.807) is 12.1 Å². The highest BCUT2D eigenvalue weighted by Gasteiger charge is 2.30. The largest absolute Gasteiger partial charge is 0.454 e. The molecule has 0 amide bonds. The first-order valence-electron chi connectivity index (χ1n) is 11.6. The number of Topliss-reactive ketones (excluding diaryl/α,β-unsaturated/α-hetero) is 1. The number of carbonyl (C=O) groups excluding carboxylic acids is 2. The number of ether oxygens (including phenoxy) is 1. The number of carbonyl (C=O) groups is 2. The number of piperidine rings is 1. The molecule has 35 heavy (non-hydrogen) atoms. The van der Waals surface area contributed by atoms with Crippen LogP contribution in [0.3, 0.4) is 0 Å². The van der Waals surface area contributed by atoms with Crippen LogP contribution in [0.25, 0.3) is 11.1 Å². The first-order valence-corrected chi connectivity index (χ1v) is 13.0. The van der Waals surface area contributed by atoms with E-state index in [1.165, 1.54) is 9.87 Å². The molecule has 1 aliphatic carbocycles. The summed E-state index contributed by atoms with van der Waals surface area (Å²) in [5, 5.41) is 0. The summed E-state index contributed by atoms with van der Waals surface area (Å²) in [7, 11) is -4.07. The van der Waals surface area contributed by atoms with Crippen LogP contribution in [0.1, 0.15) is 51.1 Å². The van der Waals surface area contributed by atoms with E-state index in [2.05, 4.69) is 6.07 Å². The van der Waals surface area contributed by atoms with Crippen molar-refractivity contribution in [1.29, 1.82) is 0 Å². The van der Waals surface area contributed by atoms with Crippen LogP contribution >= 0.6 is 0 Å². The molecule has 8 heteroatoms. The van der Waals surface area contributed by atoms with Crippen molar-refractivity contribution in [1.82, 2.24) is 4.31 Å². The maximum atomic E-state index is 14.4. The highest BCUT2D eigenvalue weighted by Crippen LogP contribution is 2.37. The van der Waals surface area contributed by atoms with Crippen LogP contribution in [0.5, 0.6) is 0 Å². The smallest absolute Gasteiger partial charge is 0.338 e. The average Bonchev–Trinajstić information content (AvgIpc) is 3.25. The van der Waals surface area contributed by atoms with Gasteiger partial charge in [-0.2, -0.15) is 4.31 Å². The van der Waals surface area contributed by atoms with Gasteiger partial charge in [0.2, 0.25) is 10.0 Å². The number of ketones is 1. The van der Waals surface area contributed by atoms with E-state index >= 15 is 0 Å². The summed E-state index contributed by atoms with van der Waals surface area (Å²) >= 11 is 0. The lowest BCUT2D eigenvalue weighted by Gasteiger charge is -2.26. The first kappa shape index (κ1) is 23.4. The summed E-state index contributed by atoms with van der Waals surface area (Å²) in [4.78, 5) is 24.8. The minimum Gasteiger partial charge on any atom is -0.454 e. The minimum absolute atomic E-state index is 0.127. The van der Waals surface area contributed by atoms with Crippen molar-refractivity contribution >= 4 is 21.8 Å². The molecule has 180 valence electrons. The number of esters is 1. The number of hydrogen-bond acceptors (Lipinski definition) is 5. The number of sulfonamides is 1. The SMILES string of the molecule is O=C(COC(=O)c1ccc(F)c(S(=O)(=O)N2CCCCC2)c1)c1ccc2c(c1)-c1ccccc1C2. The van der Waals surface area contributed by atoms with E-state index < -0.39 is 33.3 Å². The van der Waals surface area contributed by atoms with Gasteiger partial charge in [-0.15, -0.1) is 0 Å². The van der Waals surface area contributed by atoms with Gasteiger partial charge in [-0.1, -0.05) is 42.8 Å². The van der Waals surface area contributed by atoms with Crippen LogP contribution in [-0.2, 0) is 21.2 Å². The van der Waals surface area contributed by atoms with Gasteiger partial charge in [0.25, 0.3) is 0 Å². The Morgan fingerprint density at radius 1 is 0.857 bits per heavy atom. The van der Waals surface area contributed by atoms with Gasteiger partial charge in [0.05, 0.1) is 5.56 Å². The monoisotopic (exact) mass is 493 g/mol. The standard InChI is InChI=1S/C27H24FNO5S/c28-24-11-10-21(16-26(24)35(32,33)29-12-4-1-5-13-29)27(31)34-17-25(30)20-9-8-19-14-18-6-2-3-7-22(18)23(19)15-20/h2-3,6-11,15-16H,1,4-5,12-14,17H2. The van der Waals surface area contributed by atoms with Gasteiger partial charge in [0, 0.05) is 18.7 Å². The van der Waals surface area contributed by atoms with E-state index in [9.17, 15) is 22.4 Å². The molecule has 0 unspecified atom stereocenters. The van der Waals surface area contributed by atoms with E-state index in [0.29, 0.717) is 31.5 Å². The van der Waals surface area contributed by atoms with Gasteiger partial charge in [-0.25, -0.2) is 17.6 Å². The van der Waals surface area contributed by atoms with Crippen LogP contribution in [0.15, 0.2) is 65.6 Å². The molecule has 1 fully saturated rings. The van der Waals surface area contributed by atoms with E-state index in [1.807, 2.05) is 24.3 Å². The molecule has 0 radical (unpaired) electrons. The summed E-state index contributed by atoms with van der Waals surface area (Å²) < 4.78 is 46.6. The molecule has 0 saturated carbocycles. The molecule has 1 aliphatic heterocycles. The summed E-state index contributed by atoms with van der Waals surface area (Å²) in [6, 6.07) is 16.5. The zero-order chi connectivity index (χ0) is 24.6. The Bertz CT molecular complexity index is 1430. The highest BCUT2D eigenvalue weighted by molar-refractivity contribution is 7.89. The van der Waals surface area contributed by atoms with Crippen molar-refractivity contribution in [2.24, 2.45) is 0 Å². The van der Waals surface area contributed by atoms with Crippen molar-refractivity contribution in [3.8, 4) is 11.1 Å². The van der Waals surface area contributed by atoms with Crippen molar-refractivity contribution in [2.75, 3.05) is 19.7 Å². The van der Waals surface area contributed by atoms with Gasteiger partial charge >= 0.3 is 5.97 Å². The van der Waals surface area contributed by atoms with Gasteiger partial charge in [0.15, 0.2) is 12.4 Å². The quantitative estimate of drug-likeness (QED) is 0.289. The number of nitrogens with zero attached hydrogens (tertiary/aromatic N) is 1. The fraction of sp³-hybridized carbons (Fsp3) is 0.259. The Kier molecular flexibility index (Phi) is 6.25. The van der Waals surface area contributed by atoms with Crippen LogP contribution < -0.4 is 0 Å². The van der Waals surface area contributed by atoms with E-state index in [-0.39, 0.29) is 11.3 Å². The second kappa shape index (κ2) is 9.36. The lowest BCUT2D eigenvalue weighted by molar-refractivity contribution is 0.0474. The summed E-state index contributed by atoms with van der Waals surface area (Å²) in [5.74, 6) is -2.20. The van der Waals surface area contributed by atoms with Gasteiger partial charge in [-0.05, 0) is 65.8 Å². The molecule has 0 spiro atoms. The molecule has 5 rings (SSSR count). The maximum Gasteiger partial charge on any atom is 0.338 e. The third-order valence-corrected chi connectivity index (χ3v) is 8.47. The maximum absolute atomic E-state index is 14.4. The molecule has 6 nitrogen and oxygen atoms in total. The molecule has 0 N–H and O–H groups in total. The summed E-state index contributed by atoms with van der Waals surface area (Å²) in [6.45, 7) is 0.122. The van der Waals surface area contributed by atoms with Crippen molar-refractivity contribution in [3.05, 3.63) is 88.7 Å². The molecule has 0 atom stereocenters. The van der Waals surface area contributed by atoms with Gasteiger partial charge in [-0.3, -0.25) is 4.79 Å². The molecular weight excluding hydrogens is 469 g/mol. The third-order valence-electron chi connectivity index (χ3n) is 6.55. The van der Waals surface area contributed by atoms with Crippen LogP contribution in [0.2, 0.25) is 0 Å². The van der Waals surface area contributed by atoms with Crippen LogP contribution in [0.4, 0.5) is 4.39 Å². The Hall–Kier alpha value is -3.36. The Balaban J connectivity index is 1.30. The molecule has 0 aromatic heterocycles. The third kappa shape index (κ3) is 4.51. The Labute approximate surface area is 203 Å². The number of hydrogen-bond donors (Lipinski definition) is 0. The Morgan fingerprint density at radius 3 is 2.37 bits per heavy atom. The Morgan fingerprint density at radius 2 is 1.57 bits per heavy atom. The normalized spacial score (nSPS) is 15.3. The number of rotatable bonds is 6. The molecular formula is C27H24FNO5S. The average molecular weight is 494 g/mol. The lowest BCUT2D eigenvalue weighted by atomic mass is 10.0. The molecule has 2 aliphatic rings. The van der Waals surface area contributed by atoms with Crippen molar-refractivity contribution in [2.45, 2.75) is 30.6 Å². The van der Waals surface area contributed by atoms with E-state index in [4.69, 9.17) is 4.74 Å². The topological polar surface area (TPSA) is 80.8 Å². The van der Waals surface area contributed by atoms with Crippen LogP contribution in [-0.4, -0.2) is 44.2 Å². The fourth-order valence-corrected chi connectivity index (χ4v) is 6.27. The second-order valence-corrected chi connectivity index (χ2v) is 10.7. The molecule has 0 bridgehead atoms. The number of fused-ring (bicyclic) bond motifs is 3. The van der Waals surface area contributed by atoms with Gasteiger partial charge in [0.1, 0.15) is 10.7 Å². The first-order chi connectivity index (χ1) is 16.8. The zero-order valence-corrected chi connectivity index (χ0v) is 19.8. The van der Waals surface area contributed by atoms with Gasteiger partial charge < -0.3 is 4.74 Å². The van der Waals surface area contributed by atoms with Crippen LogP contribution in [0, 0.1) is 5.82 Å². The number of benzene rings is 3. The highest BCUT2D eigenvalue weighted by atomic mass is 32.2. The summed E-state index contributed by atoms with van der Waals surface area (Å²) in [6.07, 6.45) is 3.14. The molecule has 3 aromatic rings. The minimum atomic E-state index is -4.07.